The zero-order valence-corrected chi connectivity index (χ0v) is 27.3. The van der Waals surface area contributed by atoms with E-state index in [1.807, 2.05) is 6.07 Å². The standard InChI is InChI=1S/C34H34FN9O7/c35-23(20-50-11-12-51-34(48)37-7-9-49-10-8-43-32(46)25-3-1-2-4-26(25)33(43)47)18-40-31(45)27-19-38-29(14-28(27)42-24-5-6-24)44-30-22(17-41-44)13-21(15-36)16-39-30/h1-4,13-14,16-17,19,23-24H,5-12,18,20H2,(H,37,48)(H,38,42)(H,40,45). The van der Waals surface area contributed by atoms with Crippen LogP contribution in [0.25, 0.3) is 16.9 Å². The fraction of sp³-hybridized carbons (Fsp3) is 0.353. The third-order valence-electron chi connectivity index (χ3n) is 7.92. The van der Waals surface area contributed by atoms with Crippen molar-refractivity contribution >= 4 is 40.5 Å². The zero-order chi connectivity index (χ0) is 35.7. The van der Waals surface area contributed by atoms with E-state index < -0.39 is 18.2 Å². The number of rotatable bonds is 17. The first-order valence-corrected chi connectivity index (χ1v) is 16.3. The molecule has 6 rings (SSSR count). The lowest BCUT2D eigenvalue weighted by atomic mass is 10.1. The first-order chi connectivity index (χ1) is 24.8. The molecule has 51 heavy (non-hydrogen) atoms. The maximum atomic E-state index is 14.5. The Hall–Kier alpha value is -5.99. The summed E-state index contributed by atoms with van der Waals surface area (Å²) in [5.74, 6) is -0.826. The number of anilines is 1. The predicted molar refractivity (Wildman–Crippen MR) is 178 cm³/mol. The van der Waals surface area contributed by atoms with E-state index in [1.165, 1.54) is 17.1 Å². The zero-order valence-electron chi connectivity index (χ0n) is 27.3. The van der Waals surface area contributed by atoms with Crippen molar-refractivity contribution in [1.29, 1.82) is 5.26 Å². The molecule has 1 aliphatic carbocycles. The normalized spacial score (nSPS) is 14.2. The van der Waals surface area contributed by atoms with Crippen molar-refractivity contribution in [2.24, 2.45) is 0 Å². The minimum Gasteiger partial charge on any atom is -0.447 e. The number of alkyl halides is 1. The van der Waals surface area contributed by atoms with Gasteiger partial charge in [-0.25, -0.2) is 19.2 Å². The molecule has 264 valence electrons. The number of carbonyl (C=O) groups is 4. The Morgan fingerprint density at radius 2 is 1.76 bits per heavy atom. The van der Waals surface area contributed by atoms with E-state index in [4.69, 9.17) is 19.5 Å². The molecule has 4 aromatic rings. The molecule has 1 unspecified atom stereocenters. The highest BCUT2D eigenvalue weighted by Gasteiger charge is 2.34. The third kappa shape index (κ3) is 8.60. The number of halogens is 1. The van der Waals surface area contributed by atoms with Gasteiger partial charge in [0.15, 0.2) is 11.5 Å². The van der Waals surface area contributed by atoms with E-state index >= 15 is 0 Å². The number of fused-ring (bicyclic) bond motifs is 2. The Balaban J connectivity index is 0.855. The Morgan fingerprint density at radius 1 is 0.980 bits per heavy atom. The first-order valence-electron chi connectivity index (χ1n) is 16.3. The quantitative estimate of drug-likeness (QED) is 0.107. The highest BCUT2D eigenvalue weighted by molar-refractivity contribution is 6.21. The highest BCUT2D eigenvalue weighted by Crippen LogP contribution is 2.28. The van der Waals surface area contributed by atoms with Crippen molar-refractivity contribution in [3.05, 3.63) is 77.2 Å². The molecular formula is C34H34FN9O7. The lowest BCUT2D eigenvalue weighted by Crippen LogP contribution is -2.34. The molecule has 0 saturated heterocycles. The molecule has 17 heteroatoms. The number of hydrogen-bond donors (Lipinski definition) is 3. The molecule has 4 heterocycles. The van der Waals surface area contributed by atoms with E-state index in [0.717, 1.165) is 17.7 Å². The van der Waals surface area contributed by atoms with Gasteiger partial charge in [-0.15, -0.1) is 0 Å². The van der Waals surface area contributed by atoms with E-state index in [-0.39, 0.29) is 76.1 Å². The highest BCUT2D eigenvalue weighted by atomic mass is 19.1. The van der Waals surface area contributed by atoms with Crippen LogP contribution in [0.4, 0.5) is 14.9 Å². The minimum atomic E-state index is -1.52. The summed E-state index contributed by atoms with van der Waals surface area (Å²) in [6.07, 6.45) is 4.09. The minimum absolute atomic E-state index is 0.0613. The van der Waals surface area contributed by atoms with Gasteiger partial charge in [0.05, 0.1) is 73.7 Å². The van der Waals surface area contributed by atoms with Gasteiger partial charge in [-0.2, -0.15) is 15.0 Å². The summed E-state index contributed by atoms with van der Waals surface area (Å²) in [7, 11) is 0. The van der Waals surface area contributed by atoms with Crippen molar-refractivity contribution in [3.63, 3.8) is 0 Å². The van der Waals surface area contributed by atoms with Gasteiger partial charge < -0.3 is 30.2 Å². The molecule has 0 radical (unpaired) electrons. The number of aromatic nitrogens is 4. The molecule has 3 N–H and O–H groups in total. The van der Waals surface area contributed by atoms with E-state index in [2.05, 4.69) is 31.0 Å². The number of imide groups is 1. The Labute approximate surface area is 290 Å². The van der Waals surface area contributed by atoms with Gasteiger partial charge in [-0.3, -0.25) is 19.3 Å². The number of amides is 4. The van der Waals surface area contributed by atoms with Gasteiger partial charge in [0.25, 0.3) is 17.7 Å². The summed E-state index contributed by atoms with van der Waals surface area (Å²) >= 11 is 0. The van der Waals surface area contributed by atoms with Crippen molar-refractivity contribution < 1.29 is 37.8 Å². The fourth-order valence-corrected chi connectivity index (χ4v) is 5.20. The number of hydrogen-bond acceptors (Lipinski definition) is 12. The summed E-state index contributed by atoms with van der Waals surface area (Å²) in [6, 6.07) is 12.2. The molecule has 0 spiro atoms. The summed E-state index contributed by atoms with van der Waals surface area (Å²) < 4.78 is 31.7. The molecule has 3 aromatic heterocycles. The molecule has 1 atom stereocenters. The average Bonchev–Trinajstić information content (AvgIpc) is 3.81. The number of carbonyl (C=O) groups excluding carboxylic acids is 4. The van der Waals surface area contributed by atoms with Crippen LogP contribution in [0.3, 0.4) is 0 Å². The van der Waals surface area contributed by atoms with Crippen LogP contribution in [0.1, 0.15) is 49.5 Å². The smallest absolute Gasteiger partial charge is 0.407 e. The van der Waals surface area contributed by atoms with Gasteiger partial charge in [0.2, 0.25) is 0 Å². The largest absolute Gasteiger partial charge is 0.447 e. The number of nitrogens with zero attached hydrogens (tertiary/aromatic N) is 6. The maximum Gasteiger partial charge on any atom is 0.407 e. The number of ether oxygens (including phenoxy) is 3. The summed E-state index contributed by atoms with van der Waals surface area (Å²) in [4.78, 5) is 59.4. The third-order valence-corrected chi connectivity index (χ3v) is 7.92. The molecule has 16 nitrogen and oxygen atoms in total. The van der Waals surface area contributed by atoms with Crippen molar-refractivity contribution in [2.45, 2.75) is 25.1 Å². The van der Waals surface area contributed by atoms with Crippen molar-refractivity contribution in [1.82, 2.24) is 35.3 Å². The van der Waals surface area contributed by atoms with Crippen LogP contribution in [0.15, 0.2) is 55.0 Å². The van der Waals surface area contributed by atoms with E-state index in [1.54, 1.807) is 42.6 Å². The van der Waals surface area contributed by atoms with Crippen LogP contribution in [0, 0.1) is 11.3 Å². The van der Waals surface area contributed by atoms with Crippen LogP contribution in [-0.4, -0.2) is 113 Å². The number of nitriles is 1. The molecule has 2 aliphatic rings. The molecule has 1 aromatic carbocycles. The van der Waals surface area contributed by atoms with Crippen LogP contribution in [0.2, 0.25) is 0 Å². The van der Waals surface area contributed by atoms with Gasteiger partial charge >= 0.3 is 6.09 Å². The van der Waals surface area contributed by atoms with Crippen LogP contribution < -0.4 is 16.0 Å². The Morgan fingerprint density at radius 3 is 2.51 bits per heavy atom. The molecule has 4 amide bonds. The van der Waals surface area contributed by atoms with Gasteiger partial charge in [-0.1, -0.05) is 12.1 Å². The van der Waals surface area contributed by atoms with Gasteiger partial charge in [-0.05, 0) is 31.0 Å². The lowest BCUT2D eigenvalue weighted by Gasteiger charge is -2.15. The van der Waals surface area contributed by atoms with Crippen LogP contribution >= 0.6 is 0 Å². The van der Waals surface area contributed by atoms with Crippen LogP contribution in [-0.2, 0) is 14.2 Å². The lowest BCUT2D eigenvalue weighted by molar-refractivity contribution is 0.0437. The summed E-state index contributed by atoms with van der Waals surface area (Å²) in [5.41, 5.74) is 2.41. The fourth-order valence-electron chi connectivity index (χ4n) is 5.20. The second-order valence-corrected chi connectivity index (χ2v) is 11.7. The maximum absolute atomic E-state index is 14.5. The van der Waals surface area contributed by atoms with E-state index in [9.17, 15) is 23.6 Å². The second kappa shape index (κ2) is 16.1. The Bertz CT molecular complexity index is 1940. The molecule has 0 bridgehead atoms. The van der Waals surface area contributed by atoms with Crippen molar-refractivity contribution in [3.8, 4) is 11.9 Å². The van der Waals surface area contributed by atoms with Gasteiger partial charge in [0.1, 0.15) is 18.8 Å². The second-order valence-electron chi connectivity index (χ2n) is 11.7. The SMILES string of the molecule is N#Cc1cnc2c(cnn2-c2cc(NC3CC3)c(C(=O)NCC(F)COCCOC(=O)NCCOCCN3C(=O)c4ccccc4C3=O)cn2)c1. The monoisotopic (exact) mass is 699 g/mol. The molecular weight excluding hydrogens is 665 g/mol. The Kier molecular flexibility index (Phi) is 11.0. The number of alkyl carbamates (subject to hydrolysis) is 1. The summed E-state index contributed by atoms with van der Waals surface area (Å²) in [6.45, 7) is -0.370. The first kappa shape index (κ1) is 34.9. The summed E-state index contributed by atoms with van der Waals surface area (Å²) in [5, 5.41) is 22.5. The average molecular weight is 700 g/mol. The predicted octanol–water partition coefficient (Wildman–Crippen LogP) is 2.38. The number of benzene rings is 1. The van der Waals surface area contributed by atoms with Crippen molar-refractivity contribution in [2.75, 3.05) is 58.0 Å². The topological polar surface area (TPSA) is 203 Å². The number of pyridine rings is 2. The molecule has 1 aliphatic heterocycles. The van der Waals surface area contributed by atoms with E-state index in [0.29, 0.717) is 39.2 Å². The number of nitrogens with one attached hydrogen (secondary N) is 3. The molecule has 1 saturated carbocycles. The molecule has 1 fully saturated rings. The van der Waals surface area contributed by atoms with Gasteiger partial charge in [0, 0.05) is 36.4 Å². The van der Waals surface area contributed by atoms with Crippen LogP contribution in [0.5, 0.6) is 0 Å².